The number of ether oxygens (including phenoxy) is 2. The van der Waals surface area contributed by atoms with Crippen LogP contribution in [0.15, 0.2) is 24.3 Å². The van der Waals surface area contributed by atoms with Crippen LogP contribution in [0.4, 0.5) is 0 Å². The summed E-state index contributed by atoms with van der Waals surface area (Å²) >= 11 is 0. The normalized spacial score (nSPS) is 11.3. The van der Waals surface area contributed by atoms with E-state index < -0.39 is 29.9 Å². The van der Waals surface area contributed by atoms with E-state index in [0.717, 1.165) is 0 Å². The van der Waals surface area contributed by atoms with Crippen molar-refractivity contribution < 1.29 is 28.7 Å². The van der Waals surface area contributed by atoms with E-state index in [1.165, 1.54) is 25.1 Å². The highest BCUT2D eigenvalue weighted by Gasteiger charge is 2.25. The largest absolute Gasteiger partial charge is 0.425 e. The van der Waals surface area contributed by atoms with Crippen molar-refractivity contribution >= 4 is 23.8 Å². The van der Waals surface area contributed by atoms with Crippen molar-refractivity contribution in [2.45, 2.75) is 32.2 Å². The Morgan fingerprint density at radius 2 is 1.81 bits per heavy atom. The Kier molecular flexibility index (Phi) is 8.96. The van der Waals surface area contributed by atoms with Crippen molar-refractivity contribution in [3.05, 3.63) is 29.8 Å². The maximum Gasteiger partial charge on any atom is 0.349 e. The van der Waals surface area contributed by atoms with Crippen LogP contribution >= 0.6 is 0 Å². The van der Waals surface area contributed by atoms with Crippen LogP contribution in [0, 0.1) is 0 Å². The van der Waals surface area contributed by atoms with Crippen molar-refractivity contribution in [2.75, 3.05) is 13.1 Å². The summed E-state index contributed by atoms with van der Waals surface area (Å²) in [5.41, 5.74) is 10.5. The Balaban J connectivity index is 2.85. The molecule has 0 radical (unpaired) electrons. The van der Waals surface area contributed by atoms with E-state index in [9.17, 15) is 19.2 Å². The molecule has 0 fully saturated rings. The minimum atomic E-state index is -0.996. The quantitative estimate of drug-likeness (QED) is 0.237. The van der Waals surface area contributed by atoms with Gasteiger partial charge in [-0.2, -0.15) is 0 Å². The molecule has 0 saturated carbocycles. The standard InChI is InChI=1S/C17H23N3O6/c1-11(21)20-13(7-4-5-9-18)17(24)26-16(23)12-6-2-3-8-14(12)25-15(22)10-19/h2-3,6,8,13H,4-5,7,9-10,18-19H2,1H3,(H,20,21)/t13-/m0/s1. The summed E-state index contributed by atoms with van der Waals surface area (Å²) < 4.78 is 9.78. The molecule has 1 aromatic carbocycles. The van der Waals surface area contributed by atoms with Gasteiger partial charge in [-0.05, 0) is 37.9 Å². The van der Waals surface area contributed by atoms with Gasteiger partial charge in [0.05, 0.1) is 6.54 Å². The Hall–Kier alpha value is -2.78. The molecule has 1 rings (SSSR count). The Morgan fingerprint density at radius 3 is 2.42 bits per heavy atom. The molecule has 0 heterocycles. The van der Waals surface area contributed by atoms with E-state index in [1.807, 2.05) is 0 Å². The molecule has 0 aliphatic carbocycles. The van der Waals surface area contributed by atoms with Crippen LogP contribution in [0.5, 0.6) is 5.75 Å². The number of hydrogen-bond donors (Lipinski definition) is 3. The topological polar surface area (TPSA) is 151 Å². The minimum Gasteiger partial charge on any atom is -0.425 e. The lowest BCUT2D eigenvalue weighted by molar-refractivity contribution is -0.142. The highest BCUT2D eigenvalue weighted by Crippen LogP contribution is 2.19. The first-order chi connectivity index (χ1) is 12.4. The van der Waals surface area contributed by atoms with E-state index in [-0.39, 0.29) is 24.3 Å². The third kappa shape index (κ3) is 6.99. The summed E-state index contributed by atoms with van der Waals surface area (Å²) in [4.78, 5) is 47.1. The molecular weight excluding hydrogens is 342 g/mol. The van der Waals surface area contributed by atoms with Gasteiger partial charge in [0, 0.05) is 6.92 Å². The van der Waals surface area contributed by atoms with Crippen molar-refractivity contribution in [1.82, 2.24) is 5.32 Å². The Bertz CT molecular complexity index is 662. The number of benzene rings is 1. The number of amides is 1. The Morgan fingerprint density at radius 1 is 1.12 bits per heavy atom. The number of carbonyl (C=O) groups is 4. The summed E-state index contributed by atoms with van der Waals surface area (Å²) in [6.07, 6.45) is 1.53. The SMILES string of the molecule is CC(=O)N[C@@H](CCCCN)C(=O)OC(=O)c1ccccc1OC(=O)CN. The molecule has 1 amide bonds. The summed E-state index contributed by atoms with van der Waals surface area (Å²) in [6.45, 7) is 1.33. The van der Waals surface area contributed by atoms with Crippen molar-refractivity contribution in [1.29, 1.82) is 0 Å². The van der Waals surface area contributed by atoms with Crippen LogP contribution in [0.25, 0.3) is 0 Å². The molecule has 0 aliphatic heterocycles. The van der Waals surface area contributed by atoms with Crippen molar-refractivity contribution in [3.8, 4) is 5.75 Å². The van der Waals surface area contributed by atoms with E-state index in [4.69, 9.17) is 20.9 Å². The summed E-state index contributed by atoms with van der Waals surface area (Å²) in [6, 6.07) is 4.82. The number of carbonyl (C=O) groups excluding carboxylic acids is 4. The van der Waals surface area contributed by atoms with E-state index in [2.05, 4.69) is 5.32 Å². The second-order valence-electron chi connectivity index (χ2n) is 5.42. The van der Waals surface area contributed by atoms with E-state index in [0.29, 0.717) is 19.4 Å². The summed E-state index contributed by atoms with van der Waals surface area (Å²) in [5, 5.41) is 2.44. The van der Waals surface area contributed by atoms with Gasteiger partial charge in [-0.3, -0.25) is 9.59 Å². The van der Waals surface area contributed by atoms with Crippen LogP contribution in [-0.4, -0.2) is 42.9 Å². The van der Waals surface area contributed by atoms with Gasteiger partial charge in [0.1, 0.15) is 17.4 Å². The first-order valence-electron chi connectivity index (χ1n) is 8.12. The smallest absolute Gasteiger partial charge is 0.349 e. The average molecular weight is 365 g/mol. The molecule has 0 aliphatic rings. The molecule has 26 heavy (non-hydrogen) atoms. The van der Waals surface area contributed by atoms with Gasteiger partial charge in [0.2, 0.25) is 5.91 Å². The number of unbranched alkanes of at least 4 members (excludes halogenated alkanes) is 1. The zero-order valence-electron chi connectivity index (χ0n) is 14.5. The van der Waals surface area contributed by atoms with Crippen molar-refractivity contribution in [3.63, 3.8) is 0 Å². The molecule has 1 atom stereocenters. The maximum atomic E-state index is 12.3. The van der Waals surface area contributed by atoms with Crippen molar-refractivity contribution in [2.24, 2.45) is 11.5 Å². The van der Waals surface area contributed by atoms with Gasteiger partial charge in [-0.25, -0.2) is 9.59 Å². The van der Waals surface area contributed by atoms with E-state index >= 15 is 0 Å². The Labute approximate surface area is 151 Å². The van der Waals surface area contributed by atoms with Crippen LogP contribution in [0.2, 0.25) is 0 Å². The molecular formula is C17H23N3O6. The van der Waals surface area contributed by atoms with E-state index in [1.54, 1.807) is 6.07 Å². The number of hydrogen-bond acceptors (Lipinski definition) is 8. The first-order valence-corrected chi connectivity index (χ1v) is 8.12. The molecule has 1 aromatic rings. The highest BCUT2D eigenvalue weighted by molar-refractivity contribution is 6.01. The molecule has 0 saturated heterocycles. The molecule has 0 spiro atoms. The number of rotatable bonds is 9. The van der Waals surface area contributed by atoms with Gasteiger partial charge in [0.25, 0.3) is 0 Å². The van der Waals surface area contributed by atoms with Gasteiger partial charge in [-0.1, -0.05) is 12.1 Å². The van der Waals surface area contributed by atoms with Crippen LogP contribution in [-0.2, 0) is 19.1 Å². The second-order valence-corrected chi connectivity index (χ2v) is 5.42. The summed E-state index contributed by atoms with van der Waals surface area (Å²) in [7, 11) is 0. The lowest BCUT2D eigenvalue weighted by atomic mass is 10.1. The fourth-order valence-electron chi connectivity index (χ4n) is 2.09. The number of nitrogens with one attached hydrogen (secondary N) is 1. The molecule has 142 valence electrons. The first kappa shape index (κ1) is 21.3. The van der Waals surface area contributed by atoms with Crippen LogP contribution < -0.4 is 21.5 Å². The third-order valence-electron chi connectivity index (χ3n) is 3.30. The predicted molar refractivity (Wildman–Crippen MR) is 92.1 cm³/mol. The van der Waals surface area contributed by atoms with Gasteiger partial charge in [-0.15, -0.1) is 0 Å². The highest BCUT2D eigenvalue weighted by atomic mass is 16.6. The molecule has 0 unspecified atom stereocenters. The maximum absolute atomic E-state index is 12.3. The number of para-hydroxylation sites is 1. The predicted octanol–water partition coefficient (Wildman–Crippen LogP) is -0.132. The third-order valence-corrected chi connectivity index (χ3v) is 3.30. The molecule has 0 aromatic heterocycles. The fourth-order valence-corrected chi connectivity index (χ4v) is 2.09. The van der Waals surface area contributed by atoms with Gasteiger partial charge < -0.3 is 26.3 Å². The number of nitrogens with two attached hydrogens (primary N) is 2. The monoisotopic (exact) mass is 365 g/mol. The zero-order chi connectivity index (χ0) is 19.5. The van der Waals surface area contributed by atoms with Crippen LogP contribution in [0.3, 0.4) is 0 Å². The lowest BCUT2D eigenvalue weighted by Gasteiger charge is -2.16. The van der Waals surface area contributed by atoms with Crippen LogP contribution in [0.1, 0.15) is 36.5 Å². The van der Waals surface area contributed by atoms with Gasteiger partial charge in [0.15, 0.2) is 0 Å². The fraction of sp³-hybridized carbons (Fsp3) is 0.412. The zero-order valence-corrected chi connectivity index (χ0v) is 14.5. The molecule has 0 bridgehead atoms. The minimum absolute atomic E-state index is 0.0695. The van der Waals surface area contributed by atoms with Gasteiger partial charge >= 0.3 is 17.9 Å². The lowest BCUT2D eigenvalue weighted by Crippen LogP contribution is -2.41. The summed E-state index contributed by atoms with van der Waals surface area (Å²) in [5.74, 6) is -3.13. The molecule has 9 nitrogen and oxygen atoms in total. The average Bonchev–Trinajstić information content (AvgIpc) is 2.60. The molecule has 5 N–H and O–H groups in total. The molecule has 9 heteroatoms. The number of esters is 3. The second kappa shape index (κ2) is 11.0.